The minimum Gasteiger partial charge on any atom is -0.0882 e. The van der Waals surface area contributed by atoms with E-state index in [1.807, 2.05) is 0 Å². The first-order valence-corrected chi connectivity index (χ1v) is 8.29. The second kappa shape index (κ2) is 18.0. The van der Waals surface area contributed by atoms with Crippen molar-refractivity contribution in [2.45, 2.75) is 71.6 Å². The Bertz CT molecular complexity index is 278. The van der Waals surface area contributed by atoms with Crippen LogP contribution in [0.15, 0.2) is 48.6 Å². The molecule has 0 spiro atoms. The highest BCUT2D eigenvalue weighted by atomic mass is 13.9. The number of unbranched alkanes of at least 4 members (excludes halogenated alkanes) is 5. The summed E-state index contributed by atoms with van der Waals surface area (Å²) in [5, 5.41) is 0. The molecule has 20 heavy (non-hydrogen) atoms. The second-order valence-corrected chi connectivity index (χ2v) is 5.07. The Labute approximate surface area is 127 Å². The van der Waals surface area contributed by atoms with Crippen LogP contribution in [-0.2, 0) is 0 Å². The Hall–Kier alpha value is -1.04. The van der Waals surface area contributed by atoms with Crippen molar-refractivity contribution in [1.82, 2.24) is 0 Å². The van der Waals surface area contributed by atoms with Gasteiger partial charge in [0, 0.05) is 0 Å². The number of allylic oxidation sites excluding steroid dienone is 8. The molecular weight excluding hydrogens is 240 g/mol. The fourth-order valence-electron chi connectivity index (χ4n) is 1.82. The summed E-state index contributed by atoms with van der Waals surface area (Å²) >= 11 is 0. The molecule has 1 radical (unpaired) electrons. The summed E-state index contributed by atoms with van der Waals surface area (Å²) < 4.78 is 0. The topological polar surface area (TPSA) is 0 Å². The van der Waals surface area contributed by atoms with Gasteiger partial charge in [-0.05, 0) is 51.4 Å². The van der Waals surface area contributed by atoms with Gasteiger partial charge in [0.15, 0.2) is 0 Å². The Morgan fingerprint density at radius 3 is 1.55 bits per heavy atom. The molecule has 0 saturated heterocycles. The van der Waals surface area contributed by atoms with Crippen LogP contribution in [0.5, 0.6) is 0 Å². The van der Waals surface area contributed by atoms with Gasteiger partial charge in [0.05, 0.1) is 0 Å². The van der Waals surface area contributed by atoms with Gasteiger partial charge in [0.25, 0.3) is 0 Å². The number of rotatable bonds is 13. The Morgan fingerprint density at radius 1 is 0.550 bits per heavy atom. The molecule has 0 aliphatic rings. The predicted octanol–water partition coefficient (Wildman–Crippen LogP) is 6.97. The van der Waals surface area contributed by atoms with Gasteiger partial charge in [0.2, 0.25) is 0 Å². The lowest BCUT2D eigenvalue weighted by Crippen LogP contribution is -1.70. The van der Waals surface area contributed by atoms with E-state index < -0.39 is 0 Å². The lowest BCUT2D eigenvalue weighted by molar-refractivity contribution is 0.728. The third kappa shape index (κ3) is 17.0. The lowest BCUT2D eigenvalue weighted by Gasteiger charge is -1.90. The van der Waals surface area contributed by atoms with Crippen molar-refractivity contribution >= 4 is 0 Å². The normalized spacial score (nSPS) is 12.7. The van der Waals surface area contributed by atoms with Crippen molar-refractivity contribution in [3.8, 4) is 0 Å². The monoisotopic (exact) mass is 273 g/mol. The van der Waals surface area contributed by atoms with E-state index in [0.717, 1.165) is 19.3 Å². The first-order chi connectivity index (χ1) is 9.91. The molecule has 0 rings (SSSR count). The van der Waals surface area contributed by atoms with Crippen LogP contribution in [0.3, 0.4) is 0 Å². The highest BCUT2D eigenvalue weighted by molar-refractivity contribution is 4.99. The predicted molar refractivity (Wildman–Crippen MR) is 93.8 cm³/mol. The average molecular weight is 273 g/mol. The Kier molecular flexibility index (Phi) is 17.0. The Morgan fingerprint density at radius 2 is 1.05 bits per heavy atom. The first kappa shape index (κ1) is 19.0. The molecule has 0 nitrogen and oxygen atoms in total. The van der Waals surface area contributed by atoms with Gasteiger partial charge in [-0.3, -0.25) is 0 Å². The standard InChI is InChI=1S/C20H33/c1-3-5-7-9-11-13-15-17-19-20-18-16-14-12-10-8-6-4-2/h3,9,11-12,14-15,17-18,20H,4-8,10,13,16,19H2,1-2H3. The van der Waals surface area contributed by atoms with E-state index in [1.165, 1.54) is 38.5 Å². The van der Waals surface area contributed by atoms with Crippen LogP contribution in [0.2, 0.25) is 0 Å². The van der Waals surface area contributed by atoms with Gasteiger partial charge in [-0.15, -0.1) is 0 Å². The van der Waals surface area contributed by atoms with Crippen LogP contribution >= 0.6 is 0 Å². The minimum atomic E-state index is 1.06. The number of hydrogen-bond acceptors (Lipinski definition) is 0. The van der Waals surface area contributed by atoms with Gasteiger partial charge < -0.3 is 0 Å². The zero-order valence-corrected chi connectivity index (χ0v) is 13.6. The van der Waals surface area contributed by atoms with Crippen molar-refractivity contribution in [3.05, 3.63) is 55.0 Å². The van der Waals surface area contributed by atoms with E-state index in [4.69, 9.17) is 0 Å². The van der Waals surface area contributed by atoms with Gasteiger partial charge in [-0.1, -0.05) is 75.3 Å². The van der Waals surface area contributed by atoms with Crippen LogP contribution in [0.4, 0.5) is 0 Å². The van der Waals surface area contributed by atoms with Gasteiger partial charge in [0.1, 0.15) is 0 Å². The molecule has 0 aromatic carbocycles. The summed E-state index contributed by atoms with van der Waals surface area (Å²) in [6.07, 6.45) is 31.1. The van der Waals surface area contributed by atoms with Crippen LogP contribution in [0.1, 0.15) is 71.6 Å². The summed E-state index contributed by atoms with van der Waals surface area (Å²) in [5.74, 6) is 0. The molecule has 0 heterocycles. The Balaban J connectivity index is 3.36. The lowest BCUT2D eigenvalue weighted by atomic mass is 10.2. The molecule has 0 aromatic heterocycles. The van der Waals surface area contributed by atoms with E-state index in [2.05, 4.69) is 68.9 Å². The zero-order chi connectivity index (χ0) is 14.7. The summed E-state index contributed by atoms with van der Waals surface area (Å²) in [6.45, 7) is 4.36. The van der Waals surface area contributed by atoms with Crippen molar-refractivity contribution in [1.29, 1.82) is 0 Å². The van der Waals surface area contributed by atoms with Crippen LogP contribution in [-0.4, -0.2) is 0 Å². The second-order valence-electron chi connectivity index (χ2n) is 5.07. The summed E-state index contributed by atoms with van der Waals surface area (Å²) in [6, 6.07) is 0. The quantitative estimate of drug-likeness (QED) is 0.251. The average Bonchev–Trinajstić information content (AvgIpc) is 2.47. The molecule has 0 bridgehead atoms. The largest absolute Gasteiger partial charge is 0.0882 e. The van der Waals surface area contributed by atoms with Crippen LogP contribution in [0.25, 0.3) is 0 Å². The SMILES string of the molecule is C[CH]CCC=CCC=CCC=CCC=CCCCCC. The molecule has 0 N–H and O–H groups in total. The molecular formula is C20H33. The third-order valence-electron chi connectivity index (χ3n) is 3.08. The van der Waals surface area contributed by atoms with Crippen molar-refractivity contribution < 1.29 is 0 Å². The maximum atomic E-state index is 2.31. The summed E-state index contributed by atoms with van der Waals surface area (Å²) in [5.41, 5.74) is 0. The van der Waals surface area contributed by atoms with Crippen molar-refractivity contribution in [2.24, 2.45) is 0 Å². The molecule has 113 valence electrons. The van der Waals surface area contributed by atoms with E-state index in [1.54, 1.807) is 0 Å². The van der Waals surface area contributed by atoms with Gasteiger partial charge in [-0.2, -0.15) is 0 Å². The molecule has 0 unspecified atom stereocenters. The molecule has 0 atom stereocenters. The maximum absolute atomic E-state index is 2.31. The highest BCUT2D eigenvalue weighted by Gasteiger charge is 1.80. The van der Waals surface area contributed by atoms with Crippen molar-refractivity contribution in [2.75, 3.05) is 0 Å². The highest BCUT2D eigenvalue weighted by Crippen LogP contribution is 2.01. The zero-order valence-electron chi connectivity index (χ0n) is 13.6. The molecule has 0 saturated carbocycles. The van der Waals surface area contributed by atoms with E-state index in [0.29, 0.717) is 0 Å². The minimum absolute atomic E-state index is 1.06. The smallest absolute Gasteiger partial charge is 0.0169 e. The van der Waals surface area contributed by atoms with E-state index in [-0.39, 0.29) is 0 Å². The maximum Gasteiger partial charge on any atom is -0.0169 e. The van der Waals surface area contributed by atoms with Crippen LogP contribution < -0.4 is 0 Å². The molecule has 0 aliphatic carbocycles. The molecule has 0 amide bonds. The van der Waals surface area contributed by atoms with E-state index >= 15 is 0 Å². The van der Waals surface area contributed by atoms with Crippen molar-refractivity contribution in [3.63, 3.8) is 0 Å². The van der Waals surface area contributed by atoms with Crippen LogP contribution in [0, 0.1) is 6.42 Å². The molecule has 0 heteroatoms. The first-order valence-electron chi connectivity index (χ1n) is 8.29. The fraction of sp³-hybridized carbons (Fsp3) is 0.550. The van der Waals surface area contributed by atoms with Gasteiger partial charge in [-0.25, -0.2) is 0 Å². The third-order valence-corrected chi connectivity index (χ3v) is 3.08. The van der Waals surface area contributed by atoms with Gasteiger partial charge >= 0.3 is 0 Å². The summed E-state index contributed by atoms with van der Waals surface area (Å²) in [7, 11) is 0. The fourth-order valence-corrected chi connectivity index (χ4v) is 1.82. The molecule has 0 aliphatic heterocycles. The molecule has 0 fully saturated rings. The van der Waals surface area contributed by atoms with E-state index in [9.17, 15) is 0 Å². The molecule has 0 aromatic rings. The summed E-state index contributed by atoms with van der Waals surface area (Å²) in [4.78, 5) is 0. The number of hydrogen-bond donors (Lipinski definition) is 0.